The zero-order valence-electron chi connectivity index (χ0n) is 5.66. The van der Waals surface area contributed by atoms with Crippen LogP contribution in [0, 0.1) is 0 Å². The number of aliphatic carboxylic acids is 1. The topological polar surface area (TPSA) is 66.0 Å². The van der Waals surface area contributed by atoms with Gasteiger partial charge in [-0.05, 0) is 0 Å². The van der Waals surface area contributed by atoms with Crippen molar-refractivity contribution in [3.8, 4) is 0 Å². The summed E-state index contributed by atoms with van der Waals surface area (Å²) in [6, 6.07) is 0. The first kappa shape index (κ1) is 9.68. The molecule has 0 amide bonds. The van der Waals surface area contributed by atoms with Crippen molar-refractivity contribution < 1.29 is 9.90 Å². The number of carboxylic acids is 1. The molecule has 1 rings (SSSR count). The molecule has 0 aromatic carbocycles. The molecule has 0 bridgehead atoms. The maximum atomic E-state index is 10.0. The summed E-state index contributed by atoms with van der Waals surface area (Å²) in [5, 5.41) is 8.24. The van der Waals surface area contributed by atoms with Gasteiger partial charge in [0.05, 0.1) is 12.7 Å². The number of H-pyrrole nitrogens is 1. The zero-order valence-corrected chi connectivity index (χ0v) is 7.66. The maximum absolute atomic E-state index is 10.0. The largest absolute Gasteiger partial charge is 0.481 e. The molecule has 0 aliphatic heterocycles. The normalized spacial score (nSPS) is 8.40. The van der Waals surface area contributed by atoms with E-state index in [0.29, 0.717) is 5.69 Å². The Morgan fingerprint density at radius 1 is 1.80 bits per heavy atom. The minimum absolute atomic E-state index is 0. The summed E-state index contributed by atoms with van der Waals surface area (Å²) in [6.07, 6.45) is 2.96. The van der Waals surface area contributed by atoms with Crippen molar-refractivity contribution in [2.45, 2.75) is 6.42 Å². The van der Waals surface area contributed by atoms with Gasteiger partial charge in [0.2, 0.25) is 0 Å². The minimum atomic E-state index is -0.848. The van der Waals surface area contributed by atoms with Crippen LogP contribution in [0.5, 0.6) is 0 Å². The molecule has 1 heterocycles. The van der Waals surface area contributed by atoms with E-state index in [4.69, 9.17) is 5.11 Å². The third kappa shape index (κ3) is 3.00. The van der Waals surface area contributed by atoms with Gasteiger partial charge in [0, 0.05) is 41.4 Å². The number of hydrogen-bond donors (Lipinski definition) is 2. The molecular weight excluding hydrogens is 143 g/mol. The summed E-state index contributed by atoms with van der Waals surface area (Å²) in [7, 11) is 0. The third-order valence-electron chi connectivity index (χ3n) is 0.897. The average Bonchev–Trinajstić information content (AvgIpc) is 2.15. The van der Waals surface area contributed by atoms with Crippen molar-refractivity contribution in [1.82, 2.24) is 9.97 Å². The van der Waals surface area contributed by atoms with Crippen molar-refractivity contribution in [1.29, 1.82) is 0 Å². The van der Waals surface area contributed by atoms with E-state index in [9.17, 15) is 4.79 Å². The summed E-state index contributed by atoms with van der Waals surface area (Å²) < 4.78 is 0. The predicted molar refractivity (Wildman–Crippen MR) is 35.7 cm³/mol. The number of nitrogens with zero attached hydrogens (tertiary/aromatic N) is 1. The monoisotopic (exact) mass is 149 g/mol. The van der Waals surface area contributed by atoms with Crippen LogP contribution in [0.15, 0.2) is 12.5 Å². The molecule has 5 heteroatoms. The SMILES string of the molecule is O=C(O)Cc1cnc[nH]1.[Na]. The second kappa shape index (κ2) is 4.49. The maximum Gasteiger partial charge on any atom is 0.309 e. The molecule has 2 N–H and O–H groups in total. The van der Waals surface area contributed by atoms with E-state index in [-0.39, 0.29) is 36.0 Å². The van der Waals surface area contributed by atoms with Crippen LogP contribution < -0.4 is 0 Å². The van der Waals surface area contributed by atoms with E-state index in [1.54, 1.807) is 0 Å². The zero-order chi connectivity index (χ0) is 6.69. The van der Waals surface area contributed by atoms with Crippen LogP contribution in [0.3, 0.4) is 0 Å². The fourth-order valence-electron chi connectivity index (χ4n) is 0.544. The number of aromatic amines is 1. The third-order valence-corrected chi connectivity index (χ3v) is 0.897. The Bertz CT molecular complexity index is 197. The van der Waals surface area contributed by atoms with E-state index in [0.717, 1.165) is 0 Å². The quantitative estimate of drug-likeness (QED) is 0.565. The first-order valence-corrected chi connectivity index (χ1v) is 2.48. The second-order valence-corrected chi connectivity index (χ2v) is 1.65. The Labute approximate surface area is 80.0 Å². The Balaban J connectivity index is 0.000000810. The predicted octanol–water partition coefficient (Wildman–Crippen LogP) is -0.344. The van der Waals surface area contributed by atoms with Gasteiger partial charge in [-0.25, -0.2) is 4.98 Å². The molecule has 0 saturated heterocycles. The molecule has 0 saturated carbocycles. The number of imidazole rings is 1. The van der Waals surface area contributed by atoms with Gasteiger partial charge >= 0.3 is 5.97 Å². The van der Waals surface area contributed by atoms with E-state index in [1.807, 2.05) is 0 Å². The van der Waals surface area contributed by atoms with Gasteiger partial charge in [-0.2, -0.15) is 0 Å². The summed E-state index contributed by atoms with van der Waals surface area (Å²) >= 11 is 0. The first-order valence-electron chi connectivity index (χ1n) is 2.48. The fourth-order valence-corrected chi connectivity index (χ4v) is 0.544. The summed E-state index contributed by atoms with van der Waals surface area (Å²) in [5.41, 5.74) is 0.627. The summed E-state index contributed by atoms with van der Waals surface area (Å²) in [4.78, 5) is 16.4. The number of hydrogen-bond acceptors (Lipinski definition) is 2. The smallest absolute Gasteiger partial charge is 0.309 e. The van der Waals surface area contributed by atoms with Gasteiger partial charge in [0.1, 0.15) is 0 Å². The van der Waals surface area contributed by atoms with Crippen molar-refractivity contribution in [2.75, 3.05) is 0 Å². The van der Waals surface area contributed by atoms with Crippen LogP contribution >= 0.6 is 0 Å². The van der Waals surface area contributed by atoms with E-state index < -0.39 is 5.97 Å². The Hall–Kier alpha value is -0.320. The standard InChI is InChI=1S/C5H6N2O2.Na/c8-5(9)1-4-2-6-3-7-4;/h2-3H,1H2,(H,6,7)(H,8,9);. The number of aromatic nitrogens is 2. The van der Waals surface area contributed by atoms with Crippen molar-refractivity contribution in [2.24, 2.45) is 0 Å². The number of carboxylic acid groups (broad SMARTS) is 1. The minimum Gasteiger partial charge on any atom is -0.481 e. The van der Waals surface area contributed by atoms with Gasteiger partial charge in [0.25, 0.3) is 0 Å². The van der Waals surface area contributed by atoms with Crippen molar-refractivity contribution in [3.63, 3.8) is 0 Å². The molecule has 0 atom stereocenters. The number of carbonyl (C=O) groups is 1. The van der Waals surface area contributed by atoms with Crippen molar-refractivity contribution >= 4 is 35.5 Å². The van der Waals surface area contributed by atoms with Crippen LogP contribution in [0.1, 0.15) is 5.69 Å². The molecule has 0 aliphatic carbocycles. The van der Waals surface area contributed by atoms with Crippen LogP contribution in [-0.4, -0.2) is 50.6 Å². The van der Waals surface area contributed by atoms with E-state index in [1.165, 1.54) is 12.5 Å². The van der Waals surface area contributed by atoms with Crippen LogP contribution in [0.25, 0.3) is 0 Å². The Morgan fingerprint density at radius 2 is 2.50 bits per heavy atom. The van der Waals surface area contributed by atoms with Gasteiger partial charge in [-0.1, -0.05) is 0 Å². The first-order chi connectivity index (χ1) is 4.29. The molecule has 10 heavy (non-hydrogen) atoms. The average molecular weight is 149 g/mol. The van der Waals surface area contributed by atoms with Gasteiger partial charge in [-0.15, -0.1) is 0 Å². The summed E-state index contributed by atoms with van der Waals surface area (Å²) in [5.74, 6) is -0.848. The molecule has 1 aromatic rings. The molecule has 1 aromatic heterocycles. The molecule has 0 unspecified atom stereocenters. The Kier molecular flexibility index (Phi) is 4.34. The second-order valence-electron chi connectivity index (χ2n) is 1.65. The molecule has 0 fully saturated rings. The molecule has 0 spiro atoms. The Morgan fingerprint density at radius 3 is 2.90 bits per heavy atom. The van der Waals surface area contributed by atoms with Crippen LogP contribution in [0.4, 0.5) is 0 Å². The van der Waals surface area contributed by atoms with Crippen LogP contribution in [0.2, 0.25) is 0 Å². The van der Waals surface area contributed by atoms with Crippen LogP contribution in [-0.2, 0) is 11.2 Å². The molecule has 49 valence electrons. The fraction of sp³-hybridized carbons (Fsp3) is 0.200. The van der Waals surface area contributed by atoms with Gasteiger partial charge < -0.3 is 10.1 Å². The van der Waals surface area contributed by atoms with Crippen molar-refractivity contribution in [3.05, 3.63) is 18.2 Å². The van der Waals surface area contributed by atoms with E-state index in [2.05, 4.69) is 9.97 Å². The number of rotatable bonds is 2. The van der Waals surface area contributed by atoms with Gasteiger partial charge in [0.15, 0.2) is 0 Å². The number of nitrogens with one attached hydrogen (secondary N) is 1. The molecule has 4 nitrogen and oxygen atoms in total. The summed E-state index contributed by atoms with van der Waals surface area (Å²) in [6.45, 7) is 0. The molecular formula is C5H6N2NaO2. The van der Waals surface area contributed by atoms with Gasteiger partial charge in [-0.3, -0.25) is 4.79 Å². The van der Waals surface area contributed by atoms with E-state index >= 15 is 0 Å². The molecule has 1 radical (unpaired) electrons. The molecule has 0 aliphatic rings.